The summed E-state index contributed by atoms with van der Waals surface area (Å²) in [4.78, 5) is 17.6. The molecule has 3 aromatic heterocycles. The lowest BCUT2D eigenvalue weighted by Gasteiger charge is -2.11. The van der Waals surface area contributed by atoms with Gasteiger partial charge in [-0.25, -0.2) is 4.98 Å². The van der Waals surface area contributed by atoms with Crippen LogP contribution in [0.3, 0.4) is 0 Å². The molecule has 0 atom stereocenters. The van der Waals surface area contributed by atoms with Crippen LogP contribution in [0.5, 0.6) is 11.8 Å². The quantitative estimate of drug-likeness (QED) is 0.555. The van der Waals surface area contributed by atoms with E-state index in [1.165, 1.54) is 0 Å². The lowest BCUT2D eigenvalue weighted by Crippen LogP contribution is -2.15. The van der Waals surface area contributed by atoms with Crippen molar-refractivity contribution >= 4 is 22.7 Å². The SMILES string of the molecule is Cc1noc2nc3c(c(C(=O)Nc4ccc(Oc5nn[nH]n5)cc4)c12)CCC3. The van der Waals surface area contributed by atoms with Gasteiger partial charge in [0, 0.05) is 11.4 Å². The van der Waals surface area contributed by atoms with E-state index in [1.807, 2.05) is 6.92 Å². The van der Waals surface area contributed by atoms with E-state index in [1.54, 1.807) is 24.3 Å². The Morgan fingerprint density at radius 1 is 1.25 bits per heavy atom. The van der Waals surface area contributed by atoms with Gasteiger partial charge in [0.1, 0.15) is 5.75 Å². The highest BCUT2D eigenvalue weighted by Crippen LogP contribution is 2.32. The number of amides is 1. The van der Waals surface area contributed by atoms with Crippen LogP contribution in [0.1, 0.15) is 33.7 Å². The molecule has 0 saturated carbocycles. The van der Waals surface area contributed by atoms with E-state index >= 15 is 0 Å². The first-order valence-corrected chi connectivity index (χ1v) is 8.79. The van der Waals surface area contributed by atoms with Gasteiger partial charge < -0.3 is 14.6 Å². The first-order valence-electron chi connectivity index (χ1n) is 8.79. The predicted molar refractivity (Wildman–Crippen MR) is 97.2 cm³/mol. The number of fused-ring (bicyclic) bond motifs is 2. The largest absolute Gasteiger partial charge is 0.422 e. The van der Waals surface area contributed by atoms with Gasteiger partial charge in [0.15, 0.2) is 0 Å². The third-order valence-electron chi connectivity index (χ3n) is 4.70. The van der Waals surface area contributed by atoms with Crippen LogP contribution in [0, 0.1) is 6.92 Å². The molecule has 0 aliphatic heterocycles. The van der Waals surface area contributed by atoms with Gasteiger partial charge in [-0.05, 0) is 61.2 Å². The number of hydrogen-bond acceptors (Lipinski definition) is 8. The number of carbonyl (C=O) groups is 1. The van der Waals surface area contributed by atoms with Gasteiger partial charge in [-0.3, -0.25) is 4.79 Å². The molecule has 0 bridgehead atoms. The Hall–Kier alpha value is -3.82. The number of pyridine rings is 1. The molecule has 0 spiro atoms. The Bertz CT molecular complexity index is 1170. The molecule has 28 heavy (non-hydrogen) atoms. The molecule has 1 amide bonds. The van der Waals surface area contributed by atoms with E-state index in [0.29, 0.717) is 33.8 Å². The number of nitrogens with zero attached hydrogens (tertiary/aromatic N) is 5. The van der Waals surface area contributed by atoms with E-state index in [4.69, 9.17) is 9.26 Å². The van der Waals surface area contributed by atoms with Crippen molar-refractivity contribution < 1.29 is 14.1 Å². The fourth-order valence-electron chi connectivity index (χ4n) is 3.47. The molecular formula is C18H15N7O3. The standard InChI is InChI=1S/C18H15N7O3/c1-9-14-15(12-3-2-4-13(12)20-17(14)28-23-9)16(26)19-10-5-7-11(8-6-10)27-18-21-24-25-22-18/h5-8H,2-4H2,1H3,(H,19,26)(H,21,22,24,25). The van der Waals surface area contributed by atoms with E-state index in [0.717, 1.165) is 30.5 Å². The van der Waals surface area contributed by atoms with Gasteiger partial charge in [-0.1, -0.05) is 15.4 Å². The molecule has 0 radical (unpaired) electrons. The van der Waals surface area contributed by atoms with Crippen LogP contribution >= 0.6 is 0 Å². The van der Waals surface area contributed by atoms with Crippen molar-refractivity contribution in [1.29, 1.82) is 0 Å². The van der Waals surface area contributed by atoms with Crippen LogP contribution in [0.15, 0.2) is 28.8 Å². The van der Waals surface area contributed by atoms with Crippen molar-refractivity contribution in [2.24, 2.45) is 0 Å². The highest BCUT2D eigenvalue weighted by atomic mass is 16.5. The van der Waals surface area contributed by atoms with E-state index in [2.05, 4.69) is 36.1 Å². The molecular weight excluding hydrogens is 362 g/mol. The number of aromatic amines is 1. The average Bonchev–Trinajstić information content (AvgIpc) is 3.44. The molecule has 10 nitrogen and oxygen atoms in total. The predicted octanol–water partition coefficient (Wildman–Crippen LogP) is 2.58. The molecule has 140 valence electrons. The van der Waals surface area contributed by atoms with E-state index < -0.39 is 0 Å². The molecule has 0 unspecified atom stereocenters. The second-order valence-electron chi connectivity index (χ2n) is 6.49. The Morgan fingerprint density at radius 2 is 2.11 bits per heavy atom. The molecule has 2 N–H and O–H groups in total. The van der Waals surface area contributed by atoms with Crippen molar-refractivity contribution in [2.45, 2.75) is 26.2 Å². The summed E-state index contributed by atoms with van der Waals surface area (Å²) in [6.45, 7) is 1.82. The molecule has 1 aromatic carbocycles. The molecule has 0 fully saturated rings. The summed E-state index contributed by atoms with van der Waals surface area (Å²) in [6, 6.07) is 7.03. The topological polar surface area (TPSA) is 132 Å². The Morgan fingerprint density at radius 3 is 2.89 bits per heavy atom. The zero-order valence-corrected chi connectivity index (χ0v) is 14.9. The van der Waals surface area contributed by atoms with Gasteiger partial charge in [0.05, 0.1) is 16.6 Å². The van der Waals surface area contributed by atoms with Crippen LogP contribution in [-0.4, -0.2) is 36.7 Å². The highest BCUT2D eigenvalue weighted by molar-refractivity contribution is 6.13. The number of hydrogen-bond donors (Lipinski definition) is 2. The minimum absolute atomic E-state index is 0.120. The van der Waals surface area contributed by atoms with Crippen LogP contribution in [-0.2, 0) is 12.8 Å². The first-order chi connectivity index (χ1) is 13.7. The summed E-state index contributed by atoms with van der Waals surface area (Å²) in [6.07, 6.45) is 2.64. The fourth-order valence-corrected chi connectivity index (χ4v) is 3.47. The number of carbonyl (C=O) groups excluding carboxylic acids is 1. The lowest BCUT2D eigenvalue weighted by atomic mass is 10.0. The van der Waals surface area contributed by atoms with Gasteiger partial charge in [0.25, 0.3) is 11.6 Å². The number of nitrogens with one attached hydrogen (secondary N) is 2. The number of ether oxygens (including phenoxy) is 1. The van der Waals surface area contributed by atoms with Gasteiger partial charge in [-0.15, -0.1) is 0 Å². The summed E-state index contributed by atoms with van der Waals surface area (Å²) in [7, 11) is 0. The minimum Gasteiger partial charge on any atom is -0.422 e. The van der Waals surface area contributed by atoms with Crippen LogP contribution in [0.4, 0.5) is 5.69 Å². The zero-order valence-electron chi connectivity index (χ0n) is 14.9. The summed E-state index contributed by atoms with van der Waals surface area (Å²) >= 11 is 0. The van der Waals surface area contributed by atoms with Gasteiger partial charge in [-0.2, -0.15) is 5.21 Å². The smallest absolute Gasteiger partial charge is 0.361 e. The Balaban J connectivity index is 1.44. The molecule has 10 heteroatoms. The molecule has 5 rings (SSSR count). The van der Waals surface area contributed by atoms with Gasteiger partial charge in [0.2, 0.25) is 0 Å². The van der Waals surface area contributed by atoms with Crippen molar-refractivity contribution in [1.82, 2.24) is 30.8 Å². The van der Waals surface area contributed by atoms with E-state index in [-0.39, 0.29) is 11.9 Å². The Labute approximate surface area is 158 Å². The second-order valence-corrected chi connectivity index (χ2v) is 6.49. The first kappa shape index (κ1) is 16.4. The number of tetrazole rings is 1. The third kappa shape index (κ3) is 2.75. The fraction of sp³-hybridized carbons (Fsp3) is 0.222. The highest BCUT2D eigenvalue weighted by Gasteiger charge is 2.27. The zero-order chi connectivity index (χ0) is 19.1. The second kappa shape index (κ2) is 6.41. The summed E-state index contributed by atoms with van der Waals surface area (Å²) in [5, 5.41) is 20.8. The average molecular weight is 377 g/mol. The van der Waals surface area contributed by atoms with Gasteiger partial charge >= 0.3 is 6.01 Å². The molecule has 1 aliphatic rings. The Kier molecular flexibility index (Phi) is 3.75. The number of aryl methyl sites for hydroxylation is 2. The van der Waals surface area contributed by atoms with Crippen molar-refractivity contribution in [2.75, 3.05) is 5.32 Å². The summed E-state index contributed by atoms with van der Waals surface area (Å²) in [5.41, 5.74) is 4.20. The van der Waals surface area contributed by atoms with Crippen LogP contribution in [0.2, 0.25) is 0 Å². The normalized spacial score (nSPS) is 12.9. The van der Waals surface area contributed by atoms with Crippen LogP contribution in [0.25, 0.3) is 11.1 Å². The maximum absolute atomic E-state index is 13.1. The number of rotatable bonds is 4. The number of H-pyrrole nitrogens is 1. The maximum Gasteiger partial charge on any atom is 0.361 e. The number of anilines is 1. The van der Waals surface area contributed by atoms with Crippen molar-refractivity contribution in [3.8, 4) is 11.8 Å². The van der Waals surface area contributed by atoms with Crippen LogP contribution < -0.4 is 10.1 Å². The number of benzene rings is 1. The number of aromatic nitrogens is 6. The summed E-state index contributed by atoms with van der Waals surface area (Å²) in [5.74, 6) is 0.324. The maximum atomic E-state index is 13.1. The molecule has 4 aromatic rings. The lowest BCUT2D eigenvalue weighted by molar-refractivity contribution is 0.102. The van der Waals surface area contributed by atoms with Crippen molar-refractivity contribution in [3.63, 3.8) is 0 Å². The molecule has 3 heterocycles. The van der Waals surface area contributed by atoms with Crippen molar-refractivity contribution in [3.05, 3.63) is 46.8 Å². The minimum atomic E-state index is -0.205. The molecule has 0 saturated heterocycles. The monoisotopic (exact) mass is 377 g/mol. The molecule has 1 aliphatic carbocycles. The van der Waals surface area contributed by atoms with E-state index in [9.17, 15) is 4.79 Å². The third-order valence-corrected chi connectivity index (χ3v) is 4.70. The summed E-state index contributed by atoms with van der Waals surface area (Å²) < 4.78 is 10.7.